The maximum Gasteiger partial charge on any atom is 0.242 e. The predicted molar refractivity (Wildman–Crippen MR) is 96.5 cm³/mol. The standard InChI is InChI=1S/C20H30N2O2/c1-4-9-19(23)22(14-17-11-6-5-10-15(17)2)16(3)20(24)21-18-12-7-8-13-18/h5-6,10-11,16,18H,4,7-9,12-14H2,1-3H3,(H,21,24)/t16-/m1/s1. The monoisotopic (exact) mass is 330 g/mol. The third kappa shape index (κ3) is 4.83. The first-order valence-corrected chi connectivity index (χ1v) is 9.17. The molecule has 2 amide bonds. The first-order valence-electron chi connectivity index (χ1n) is 9.17. The van der Waals surface area contributed by atoms with E-state index in [2.05, 4.69) is 5.32 Å². The van der Waals surface area contributed by atoms with E-state index >= 15 is 0 Å². The molecule has 2 rings (SSSR count). The Morgan fingerprint density at radius 3 is 2.54 bits per heavy atom. The lowest BCUT2D eigenvalue weighted by Crippen LogP contribution is -2.49. The number of amides is 2. The van der Waals surface area contributed by atoms with Crippen LogP contribution in [0.1, 0.15) is 63.5 Å². The molecule has 24 heavy (non-hydrogen) atoms. The second-order valence-electron chi connectivity index (χ2n) is 6.86. The van der Waals surface area contributed by atoms with Gasteiger partial charge in [-0.25, -0.2) is 0 Å². The van der Waals surface area contributed by atoms with Crippen LogP contribution in [0.25, 0.3) is 0 Å². The van der Waals surface area contributed by atoms with Crippen molar-refractivity contribution in [1.82, 2.24) is 10.2 Å². The molecule has 0 spiro atoms. The van der Waals surface area contributed by atoms with Gasteiger partial charge in [-0.1, -0.05) is 44.0 Å². The van der Waals surface area contributed by atoms with Crippen LogP contribution >= 0.6 is 0 Å². The van der Waals surface area contributed by atoms with Crippen molar-refractivity contribution in [3.05, 3.63) is 35.4 Å². The summed E-state index contributed by atoms with van der Waals surface area (Å²) in [6.45, 7) is 6.37. The lowest BCUT2D eigenvalue weighted by atomic mass is 10.1. The zero-order valence-electron chi connectivity index (χ0n) is 15.2. The molecule has 132 valence electrons. The molecule has 1 aromatic rings. The zero-order chi connectivity index (χ0) is 17.5. The van der Waals surface area contributed by atoms with Crippen LogP contribution in [0.15, 0.2) is 24.3 Å². The fourth-order valence-electron chi connectivity index (χ4n) is 3.30. The summed E-state index contributed by atoms with van der Waals surface area (Å²) in [5.74, 6) is 0.0229. The number of aryl methyl sites for hydroxylation is 1. The van der Waals surface area contributed by atoms with E-state index in [0.29, 0.717) is 13.0 Å². The topological polar surface area (TPSA) is 49.4 Å². The highest BCUT2D eigenvalue weighted by atomic mass is 16.2. The van der Waals surface area contributed by atoms with Crippen molar-refractivity contribution in [1.29, 1.82) is 0 Å². The Kier molecular flexibility index (Phi) is 6.83. The van der Waals surface area contributed by atoms with Gasteiger partial charge in [0.25, 0.3) is 0 Å². The van der Waals surface area contributed by atoms with E-state index in [-0.39, 0.29) is 17.9 Å². The number of nitrogens with one attached hydrogen (secondary N) is 1. The van der Waals surface area contributed by atoms with Gasteiger partial charge in [-0.05, 0) is 44.2 Å². The molecule has 0 saturated heterocycles. The Bertz CT molecular complexity index is 565. The summed E-state index contributed by atoms with van der Waals surface area (Å²) in [6.07, 6.45) is 5.74. The average molecular weight is 330 g/mol. The smallest absolute Gasteiger partial charge is 0.242 e. The maximum atomic E-state index is 12.6. The fraction of sp³-hybridized carbons (Fsp3) is 0.600. The molecule has 1 N–H and O–H groups in total. The van der Waals surface area contributed by atoms with Gasteiger partial charge in [0.05, 0.1) is 0 Å². The Hall–Kier alpha value is -1.84. The third-order valence-electron chi connectivity index (χ3n) is 4.93. The van der Waals surface area contributed by atoms with Gasteiger partial charge in [-0.15, -0.1) is 0 Å². The maximum absolute atomic E-state index is 12.6. The van der Waals surface area contributed by atoms with E-state index in [9.17, 15) is 9.59 Å². The van der Waals surface area contributed by atoms with Crippen molar-refractivity contribution < 1.29 is 9.59 Å². The first kappa shape index (κ1) is 18.5. The zero-order valence-corrected chi connectivity index (χ0v) is 15.2. The van der Waals surface area contributed by atoms with Crippen LogP contribution in [0.5, 0.6) is 0 Å². The van der Waals surface area contributed by atoms with E-state index in [0.717, 1.165) is 30.4 Å². The quantitative estimate of drug-likeness (QED) is 0.831. The fourth-order valence-corrected chi connectivity index (χ4v) is 3.30. The minimum absolute atomic E-state index is 0.0278. The van der Waals surface area contributed by atoms with Crippen LogP contribution in [0, 0.1) is 6.92 Å². The Labute approximate surface area is 145 Å². The number of carbonyl (C=O) groups excluding carboxylic acids is 2. The van der Waals surface area contributed by atoms with Crippen molar-refractivity contribution in [3.63, 3.8) is 0 Å². The molecule has 1 aliphatic rings. The molecule has 1 fully saturated rings. The molecule has 1 saturated carbocycles. The second kappa shape index (κ2) is 8.86. The van der Waals surface area contributed by atoms with Crippen molar-refractivity contribution in [3.8, 4) is 0 Å². The Balaban J connectivity index is 2.10. The number of nitrogens with zero attached hydrogens (tertiary/aromatic N) is 1. The van der Waals surface area contributed by atoms with Crippen LogP contribution in [-0.4, -0.2) is 28.8 Å². The molecular formula is C20H30N2O2. The lowest BCUT2D eigenvalue weighted by Gasteiger charge is -2.30. The molecule has 0 aliphatic heterocycles. The summed E-state index contributed by atoms with van der Waals surface area (Å²) in [4.78, 5) is 26.9. The van der Waals surface area contributed by atoms with Gasteiger partial charge in [-0.3, -0.25) is 9.59 Å². The number of benzene rings is 1. The molecule has 1 atom stereocenters. The number of rotatable bonds is 7. The number of hydrogen-bond donors (Lipinski definition) is 1. The summed E-state index contributed by atoms with van der Waals surface area (Å²) in [7, 11) is 0. The van der Waals surface area contributed by atoms with Gasteiger partial charge in [0.2, 0.25) is 11.8 Å². The Morgan fingerprint density at radius 1 is 1.25 bits per heavy atom. The number of carbonyl (C=O) groups is 2. The van der Waals surface area contributed by atoms with E-state index in [1.807, 2.05) is 45.0 Å². The average Bonchev–Trinajstić information content (AvgIpc) is 3.06. The summed E-state index contributed by atoms with van der Waals surface area (Å²) >= 11 is 0. The molecule has 0 radical (unpaired) electrons. The molecule has 0 aromatic heterocycles. The molecule has 1 aromatic carbocycles. The third-order valence-corrected chi connectivity index (χ3v) is 4.93. The SMILES string of the molecule is CCCC(=O)N(Cc1ccccc1C)[C@H](C)C(=O)NC1CCCC1. The molecule has 0 heterocycles. The molecule has 0 unspecified atom stereocenters. The van der Waals surface area contributed by atoms with Gasteiger partial charge >= 0.3 is 0 Å². The summed E-state index contributed by atoms with van der Waals surface area (Å²) < 4.78 is 0. The minimum atomic E-state index is -0.441. The summed E-state index contributed by atoms with van der Waals surface area (Å²) in [5.41, 5.74) is 2.25. The van der Waals surface area contributed by atoms with Crippen molar-refractivity contribution in [2.45, 2.75) is 77.9 Å². The van der Waals surface area contributed by atoms with Crippen molar-refractivity contribution in [2.75, 3.05) is 0 Å². The van der Waals surface area contributed by atoms with Gasteiger partial charge < -0.3 is 10.2 Å². The van der Waals surface area contributed by atoms with Crippen LogP contribution < -0.4 is 5.32 Å². The van der Waals surface area contributed by atoms with E-state index in [1.54, 1.807) is 4.90 Å². The van der Waals surface area contributed by atoms with Crippen molar-refractivity contribution >= 4 is 11.8 Å². The molecular weight excluding hydrogens is 300 g/mol. The van der Waals surface area contributed by atoms with Crippen LogP contribution in [0.2, 0.25) is 0 Å². The predicted octanol–water partition coefficient (Wildman–Crippen LogP) is 3.57. The van der Waals surface area contributed by atoms with E-state index in [4.69, 9.17) is 0 Å². The van der Waals surface area contributed by atoms with Gasteiger partial charge in [-0.2, -0.15) is 0 Å². The molecule has 0 bridgehead atoms. The van der Waals surface area contributed by atoms with Gasteiger partial charge in [0.15, 0.2) is 0 Å². The highest BCUT2D eigenvalue weighted by Gasteiger charge is 2.28. The highest BCUT2D eigenvalue weighted by Crippen LogP contribution is 2.19. The highest BCUT2D eigenvalue weighted by molar-refractivity contribution is 5.87. The lowest BCUT2D eigenvalue weighted by molar-refractivity contribution is -0.140. The minimum Gasteiger partial charge on any atom is -0.352 e. The van der Waals surface area contributed by atoms with Crippen LogP contribution in [0.3, 0.4) is 0 Å². The Morgan fingerprint density at radius 2 is 1.92 bits per heavy atom. The van der Waals surface area contributed by atoms with E-state index in [1.165, 1.54) is 12.8 Å². The summed E-state index contributed by atoms with van der Waals surface area (Å²) in [5, 5.41) is 3.12. The summed E-state index contributed by atoms with van der Waals surface area (Å²) in [6, 6.07) is 7.89. The van der Waals surface area contributed by atoms with Crippen LogP contribution in [-0.2, 0) is 16.1 Å². The normalized spacial score (nSPS) is 16.0. The number of hydrogen-bond acceptors (Lipinski definition) is 2. The second-order valence-corrected chi connectivity index (χ2v) is 6.86. The van der Waals surface area contributed by atoms with Crippen molar-refractivity contribution in [2.24, 2.45) is 0 Å². The molecule has 4 nitrogen and oxygen atoms in total. The molecule has 4 heteroatoms. The van der Waals surface area contributed by atoms with Gasteiger partial charge in [0.1, 0.15) is 6.04 Å². The van der Waals surface area contributed by atoms with Gasteiger partial charge in [0, 0.05) is 19.0 Å². The first-order chi connectivity index (χ1) is 11.5. The molecule has 1 aliphatic carbocycles. The largest absolute Gasteiger partial charge is 0.352 e. The van der Waals surface area contributed by atoms with Crippen LogP contribution in [0.4, 0.5) is 0 Å². The van der Waals surface area contributed by atoms with E-state index < -0.39 is 6.04 Å².